The number of nitrogens with one attached hydrogen (secondary N) is 1. The highest BCUT2D eigenvalue weighted by atomic mass is 35.5. The Morgan fingerprint density at radius 1 is 1.22 bits per heavy atom. The van der Waals surface area contributed by atoms with Gasteiger partial charge in [-0.15, -0.1) is 0 Å². The smallest absolute Gasteiger partial charge is 0.228 e. The van der Waals surface area contributed by atoms with Gasteiger partial charge in [-0.25, -0.2) is 4.68 Å². The van der Waals surface area contributed by atoms with E-state index in [0.717, 1.165) is 5.69 Å². The number of anilines is 1. The summed E-state index contributed by atoms with van der Waals surface area (Å²) in [5, 5.41) is 8.60. The summed E-state index contributed by atoms with van der Waals surface area (Å²) in [6.07, 6.45) is 0. The molecule has 23 heavy (non-hydrogen) atoms. The van der Waals surface area contributed by atoms with E-state index in [2.05, 4.69) is 31.2 Å². The van der Waals surface area contributed by atoms with Gasteiger partial charge in [-0.05, 0) is 18.2 Å². The second-order valence-electron chi connectivity index (χ2n) is 6.82. The van der Waals surface area contributed by atoms with Gasteiger partial charge in [-0.1, -0.05) is 57.8 Å². The molecule has 1 amide bonds. The zero-order chi connectivity index (χ0) is 17.4. The van der Waals surface area contributed by atoms with E-state index < -0.39 is 0 Å². The first kappa shape index (κ1) is 17.8. The number of hydrogen-bond donors (Lipinski definition) is 1. The van der Waals surface area contributed by atoms with Crippen molar-refractivity contribution in [2.75, 3.05) is 5.32 Å². The van der Waals surface area contributed by atoms with Gasteiger partial charge in [0.25, 0.3) is 0 Å². The average Bonchev–Trinajstić information content (AvgIpc) is 2.85. The van der Waals surface area contributed by atoms with Crippen LogP contribution in [0, 0.1) is 5.92 Å². The molecule has 2 aromatic rings. The zero-order valence-electron chi connectivity index (χ0n) is 13.9. The number of hydrogen-bond acceptors (Lipinski definition) is 2. The number of halogens is 2. The topological polar surface area (TPSA) is 46.9 Å². The molecule has 1 heterocycles. The summed E-state index contributed by atoms with van der Waals surface area (Å²) in [6, 6.07) is 7.03. The highest BCUT2D eigenvalue weighted by Gasteiger charge is 2.23. The number of nitrogens with zero attached hydrogens (tertiary/aromatic N) is 2. The molecular formula is C17H21Cl2N3O. The second kappa shape index (κ2) is 6.54. The molecule has 1 aromatic carbocycles. The van der Waals surface area contributed by atoms with Gasteiger partial charge in [0, 0.05) is 22.4 Å². The van der Waals surface area contributed by atoms with E-state index in [4.69, 9.17) is 23.2 Å². The van der Waals surface area contributed by atoms with Crippen LogP contribution >= 0.6 is 23.2 Å². The summed E-state index contributed by atoms with van der Waals surface area (Å²) in [5.41, 5.74) is 1.33. The van der Waals surface area contributed by atoms with Crippen LogP contribution in [-0.4, -0.2) is 15.7 Å². The van der Waals surface area contributed by atoms with Crippen LogP contribution in [0.1, 0.15) is 40.3 Å². The van der Waals surface area contributed by atoms with Crippen LogP contribution in [0.5, 0.6) is 0 Å². The lowest BCUT2D eigenvalue weighted by atomic mass is 9.92. The van der Waals surface area contributed by atoms with Gasteiger partial charge in [0.05, 0.1) is 16.4 Å². The van der Waals surface area contributed by atoms with Crippen molar-refractivity contribution in [1.82, 2.24) is 9.78 Å². The Bertz CT molecular complexity index is 730. The first-order chi connectivity index (χ1) is 10.6. The molecule has 0 spiro atoms. The highest BCUT2D eigenvalue weighted by molar-refractivity contribution is 6.34. The van der Waals surface area contributed by atoms with E-state index >= 15 is 0 Å². The Hall–Kier alpha value is -1.52. The maximum atomic E-state index is 12.1. The monoisotopic (exact) mass is 353 g/mol. The van der Waals surface area contributed by atoms with Gasteiger partial charge < -0.3 is 5.32 Å². The second-order valence-corrected chi connectivity index (χ2v) is 7.66. The Morgan fingerprint density at radius 2 is 1.87 bits per heavy atom. The molecule has 0 aliphatic heterocycles. The largest absolute Gasteiger partial charge is 0.310 e. The third-order valence-corrected chi connectivity index (χ3v) is 3.94. The quantitative estimate of drug-likeness (QED) is 0.836. The van der Waals surface area contributed by atoms with Gasteiger partial charge in [0.15, 0.2) is 0 Å². The maximum absolute atomic E-state index is 12.1. The number of carbonyl (C=O) groups is 1. The van der Waals surface area contributed by atoms with Crippen LogP contribution in [0.3, 0.4) is 0 Å². The van der Waals surface area contributed by atoms with E-state index in [0.29, 0.717) is 21.6 Å². The summed E-state index contributed by atoms with van der Waals surface area (Å²) in [6.45, 7) is 9.87. The standard InChI is InChI=1S/C17H21Cl2N3O/c1-10(2)16(23)20-15-9-14(17(3,4)5)21-22(15)13-8-11(18)6-7-12(13)19/h6-10H,1-5H3,(H,20,23). The number of benzene rings is 1. The van der Waals surface area contributed by atoms with Crippen LogP contribution < -0.4 is 5.32 Å². The Balaban J connectivity index is 2.58. The van der Waals surface area contributed by atoms with Crippen molar-refractivity contribution >= 4 is 34.9 Å². The summed E-state index contributed by atoms with van der Waals surface area (Å²) in [5.74, 6) is 0.369. The molecule has 0 radical (unpaired) electrons. The molecule has 0 saturated carbocycles. The van der Waals surface area contributed by atoms with Gasteiger partial charge in [0.2, 0.25) is 5.91 Å². The molecule has 0 unspecified atom stereocenters. The molecule has 2 rings (SSSR count). The van der Waals surface area contributed by atoms with Crippen LogP contribution in [0.25, 0.3) is 5.69 Å². The molecular weight excluding hydrogens is 333 g/mol. The summed E-state index contributed by atoms with van der Waals surface area (Å²) >= 11 is 12.4. The van der Waals surface area contributed by atoms with E-state index in [1.807, 2.05) is 19.9 Å². The van der Waals surface area contributed by atoms with Crippen molar-refractivity contribution in [1.29, 1.82) is 0 Å². The minimum atomic E-state index is -0.159. The minimum absolute atomic E-state index is 0.0789. The summed E-state index contributed by atoms with van der Waals surface area (Å²) < 4.78 is 1.63. The fourth-order valence-electron chi connectivity index (χ4n) is 1.94. The molecule has 0 fully saturated rings. The van der Waals surface area contributed by atoms with Crippen molar-refractivity contribution in [3.63, 3.8) is 0 Å². The summed E-state index contributed by atoms with van der Waals surface area (Å²) in [7, 11) is 0. The van der Waals surface area contributed by atoms with Gasteiger partial charge in [-0.2, -0.15) is 5.10 Å². The van der Waals surface area contributed by atoms with Crippen molar-refractivity contribution < 1.29 is 4.79 Å². The normalized spacial score (nSPS) is 11.8. The SMILES string of the molecule is CC(C)C(=O)Nc1cc(C(C)(C)C)nn1-c1cc(Cl)ccc1Cl. The number of aromatic nitrogens is 2. The molecule has 1 aromatic heterocycles. The van der Waals surface area contributed by atoms with Crippen molar-refractivity contribution in [2.24, 2.45) is 5.92 Å². The molecule has 0 atom stereocenters. The maximum Gasteiger partial charge on any atom is 0.228 e. The van der Waals surface area contributed by atoms with Crippen molar-refractivity contribution in [3.8, 4) is 5.69 Å². The minimum Gasteiger partial charge on any atom is -0.310 e. The van der Waals surface area contributed by atoms with Gasteiger partial charge in [0.1, 0.15) is 5.82 Å². The fourth-order valence-corrected chi connectivity index (χ4v) is 2.30. The first-order valence-electron chi connectivity index (χ1n) is 7.46. The molecule has 4 nitrogen and oxygen atoms in total. The first-order valence-corrected chi connectivity index (χ1v) is 8.22. The Labute approximate surface area is 146 Å². The predicted molar refractivity (Wildman–Crippen MR) is 95.8 cm³/mol. The van der Waals surface area contributed by atoms with Crippen LogP contribution in [0.15, 0.2) is 24.3 Å². The average molecular weight is 354 g/mol. The van der Waals surface area contributed by atoms with Gasteiger partial charge >= 0.3 is 0 Å². The Kier molecular flexibility index (Phi) is 5.07. The lowest BCUT2D eigenvalue weighted by Crippen LogP contribution is -2.20. The third kappa shape index (κ3) is 4.06. The van der Waals surface area contributed by atoms with Crippen LogP contribution in [-0.2, 0) is 10.2 Å². The number of amides is 1. The molecule has 6 heteroatoms. The zero-order valence-corrected chi connectivity index (χ0v) is 15.5. The highest BCUT2D eigenvalue weighted by Crippen LogP contribution is 2.30. The number of carbonyl (C=O) groups excluding carboxylic acids is 1. The lowest BCUT2D eigenvalue weighted by molar-refractivity contribution is -0.118. The Morgan fingerprint density at radius 3 is 2.43 bits per heavy atom. The molecule has 1 N–H and O–H groups in total. The van der Waals surface area contributed by atoms with Crippen molar-refractivity contribution in [3.05, 3.63) is 40.0 Å². The van der Waals surface area contributed by atoms with E-state index in [9.17, 15) is 4.79 Å². The van der Waals surface area contributed by atoms with E-state index in [1.54, 1.807) is 22.9 Å². The molecule has 0 aliphatic rings. The molecule has 0 aliphatic carbocycles. The lowest BCUT2D eigenvalue weighted by Gasteiger charge is -2.14. The molecule has 0 bridgehead atoms. The van der Waals surface area contributed by atoms with Crippen LogP contribution in [0.4, 0.5) is 5.82 Å². The summed E-state index contributed by atoms with van der Waals surface area (Å²) in [4.78, 5) is 12.1. The molecule has 0 saturated heterocycles. The van der Waals surface area contributed by atoms with Gasteiger partial charge in [-0.3, -0.25) is 4.79 Å². The van der Waals surface area contributed by atoms with Crippen LogP contribution in [0.2, 0.25) is 10.0 Å². The van der Waals surface area contributed by atoms with E-state index in [1.165, 1.54) is 0 Å². The van der Waals surface area contributed by atoms with Crippen molar-refractivity contribution in [2.45, 2.75) is 40.0 Å². The molecule has 124 valence electrons. The number of rotatable bonds is 3. The van der Waals surface area contributed by atoms with E-state index in [-0.39, 0.29) is 17.2 Å². The predicted octanol–water partition coefficient (Wildman–Crippen LogP) is 5.07. The fraction of sp³-hybridized carbons (Fsp3) is 0.412. The third-order valence-electron chi connectivity index (χ3n) is 3.39.